The number of unbranched alkanes of at least 4 members (excludes halogenated alkanes) is 4. The van der Waals surface area contributed by atoms with Crippen molar-refractivity contribution in [2.75, 3.05) is 26.9 Å². The van der Waals surface area contributed by atoms with Gasteiger partial charge in [-0.3, -0.25) is 0 Å². The van der Waals surface area contributed by atoms with Crippen LogP contribution in [-0.4, -0.2) is 42.8 Å². The normalized spacial score (nSPS) is 11.6. The van der Waals surface area contributed by atoms with Crippen LogP contribution in [0.25, 0.3) is 0 Å². The Morgan fingerprint density at radius 3 is 2.18 bits per heavy atom. The van der Waals surface area contributed by atoms with Gasteiger partial charge in [0.05, 0.1) is 13.2 Å². The highest BCUT2D eigenvalue weighted by molar-refractivity contribution is 5.96. The standard InChI is InChI=1S/C26H37N3O4/c1-6-7-15-31-23-18-20(2)26(21(3)19-23)33-17-12-10-8-9-11-16-32-25-14-13-24(27-28-25)22(4)29-30-5/h6-7,13-14,18-19H,8-12,15-17H2,1-5H3/b7-6+,29-22+. The minimum atomic E-state index is 0.529. The second kappa shape index (κ2) is 14.9. The first kappa shape index (κ1) is 26.2. The van der Waals surface area contributed by atoms with Crippen molar-refractivity contribution in [3.63, 3.8) is 0 Å². The molecule has 33 heavy (non-hydrogen) atoms. The van der Waals surface area contributed by atoms with E-state index in [-0.39, 0.29) is 0 Å². The monoisotopic (exact) mass is 455 g/mol. The Morgan fingerprint density at radius 2 is 1.58 bits per heavy atom. The maximum Gasteiger partial charge on any atom is 0.233 e. The number of nitrogens with zero attached hydrogens (tertiary/aromatic N) is 3. The summed E-state index contributed by atoms with van der Waals surface area (Å²) in [6, 6.07) is 7.71. The second-order valence-electron chi connectivity index (χ2n) is 7.85. The molecule has 0 aliphatic carbocycles. The number of hydrogen-bond acceptors (Lipinski definition) is 7. The summed E-state index contributed by atoms with van der Waals surface area (Å²) < 4.78 is 17.5. The summed E-state index contributed by atoms with van der Waals surface area (Å²) in [6.07, 6.45) is 9.40. The summed E-state index contributed by atoms with van der Waals surface area (Å²) in [7, 11) is 1.51. The number of ether oxygens (including phenoxy) is 3. The molecule has 0 spiro atoms. The third kappa shape index (κ3) is 9.51. The lowest BCUT2D eigenvalue weighted by atomic mass is 10.1. The molecule has 0 atom stereocenters. The zero-order valence-corrected chi connectivity index (χ0v) is 20.6. The van der Waals surface area contributed by atoms with Gasteiger partial charge in [-0.15, -0.1) is 10.2 Å². The van der Waals surface area contributed by atoms with Crippen LogP contribution in [0.5, 0.6) is 17.4 Å². The minimum Gasteiger partial charge on any atom is -0.493 e. The smallest absolute Gasteiger partial charge is 0.233 e. The Labute approximate surface area is 197 Å². The van der Waals surface area contributed by atoms with E-state index < -0.39 is 0 Å². The van der Waals surface area contributed by atoms with Crippen LogP contribution in [0, 0.1) is 13.8 Å². The predicted octanol–water partition coefficient (Wildman–Crippen LogP) is 5.83. The molecule has 1 aromatic heterocycles. The summed E-state index contributed by atoms with van der Waals surface area (Å²) in [5.41, 5.74) is 3.57. The van der Waals surface area contributed by atoms with Gasteiger partial charge in [-0.2, -0.15) is 0 Å². The molecule has 2 rings (SSSR count). The highest BCUT2D eigenvalue weighted by Gasteiger charge is 2.07. The first-order valence-electron chi connectivity index (χ1n) is 11.6. The lowest BCUT2D eigenvalue weighted by Gasteiger charge is -2.14. The quantitative estimate of drug-likeness (QED) is 0.146. The molecule has 180 valence electrons. The lowest BCUT2D eigenvalue weighted by molar-refractivity contribution is 0.213. The van der Waals surface area contributed by atoms with Crippen LogP contribution >= 0.6 is 0 Å². The van der Waals surface area contributed by atoms with Gasteiger partial charge in [-0.25, -0.2) is 0 Å². The highest BCUT2D eigenvalue weighted by Crippen LogP contribution is 2.28. The maximum absolute atomic E-state index is 6.05. The van der Waals surface area contributed by atoms with Crippen LogP contribution in [0.2, 0.25) is 0 Å². The van der Waals surface area contributed by atoms with Crippen LogP contribution in [0.1, 0.15) is 62.8 Å². The van der Waals surface area contributed by atoms with E-state index in [1.807, 2.05) is 44.2 Å². The average molecular weight is 456 g/mol. The number of allylic oxidation sites excluding steroid dienone is 1. The van der Waals surface area contributed by atoms with Crippen LogP contribution in [0.3, 0.4) is 0 Å². The van der Waals surface area contributed by atoms with Crippen molar-refractivity contribution in [3.05, 3.63) is 53.2 Å². The van der Waals surface area contributed by atoms with Crippen molar-refractivity contribution in [3.8, 4) is 17.4 Å². The molecule has 0 saturated heterocycles. The Hall–Kier alpha value is -3.09. The fourth-order valence-corrected chi connectivity index (χ4v) is 3.32. The van der Waals surface area contributed by atoms with Crippen molar-refractivity contribution in [1.29, 1.82) is 0 Å². The molecule has 0 aliphatic rings. The largest absolute Gasteiger partial charge is 0.493 e. The summed E-state index contributed by atoms with van der Waals surface area (Å²) in [4.78, 5) is 4.74. The van der Waals surface area contributed by atoms with Gasteiger partial charge >= 0.3 is 0 Å². The van der Waals surface area contributed by atoms with Gasteiger partial charge < -0.3 is 19.0 Å². The maximum atomic E-state index is 6.05. The van der Waals surface area contributed by atoms with E-state index in [9.17, 15) is 0 Å². The first-order valence-corrected chi connectivity index (χ1v) is 11.6. The van der Waals surface area contributed by atoms with E-state index in [1.165, 1.54) is 7.11 Å². The molecule has 1 heterocycles. The molecule has 0 radical (unpaired) electrons. The molecule has 0 fully saturated rings. The van der Waals surface area contributed by atoms with Crippen LogP contribution in [0.4, 0.5) is 0 Å². The summed E-state index contributed by atoms with van der Waals surface area (Å²) in [6.45, 7) is 9.89. The molecule has 0 bridgehead atoms. The molecule has 0 saturated carbocycles. The molecule has 7 nitrogen and oxygen atoms in total. The Balaban J connectivity index is 1.58. The predicted molar refractivity (Wildman–Crippen MR) is 132 cm³/mol. The third-order valence-corrected chi connectivity index (χ3v) is 5.04. The van der Waals surface area contributed by atoms with Crippen LogP contribution < -0.4 is 14.2 Å². The van der Waals surface area contributed by atoms with Gasteiger partial charge in [-0.05, 0) is 69.9 Å². The molecule has 0 unspecified atom stereocenters. The van der Waals surface area contributed by atoms with Gasteiger partial charge in [0, 0.05) is 6.07 Å². The van der Waals surface area contributed by atoms with E-state index in [2.05, 4.69) is 29.2 Å². The van der Waals surface area contributed by atoms with Gasteiger partial charge in [0.15, 0.2) is 0 Å². The molecule has 1 aromatic carbocycles. The van der Waals surface area contributed by atoms with Crippen molar-refractivity contribution in [2.45, 2.75) is 59.8 Å². The van der Waals surface area contributed by atoms with E-state index in [0.717, 1.165) is 61.3 Å². The van der Waals surface area contributed by atoms with Gasteiger partial charge in [0.1, 0.15) is 36.6 Å². The Bertz CT molecular complexity index is 872. The zero-order valence-electron chi connectivity index (χ0n) is 20.6. The first-order chi connectivity index (χ1) is 16.0. The van der Waals surface area contributed by atoms with Crippen LogP contribution in [0.15, 0.2) is 41.6 Å². The van der Waals surface area contributed by atoms with Crippen molar-refractivity contribution >= 4 is 5.71 Å². The van der Waals surface area contributed by atoms with E-state index in [4.69, 9.17) is 19.0 Å². The fourth-order valence-electron chi connectivity index (χ4n) is 3.32. The topological polar surface area (TPSA) is 75.1 Å². The molecule has 0 N–H and O–H groups in total. The summed E-state index contributed by atoms with van der Waals surface area (Å²) >= 11 is 0. The van der Waals surface area contributed by atoms with Crippen molar-refractivity contribution in [1.82, 2.24) is 10.2 Å². The van der Waals surface area contributed by atoms with Gasteiger partial charge in [0.2, 0.25) is 5.88 Å². The SMILES string of the molecule is C/C=C/COc1cc(C)c(OCCCCCCCOc2ccc(/C(C)=N/OC)nn2)c(C)c1. The molecule has 0 aliphatic heterocycles. The lowest BCUT2D eigenvalue weighted by Crippen LogP contribution is -2.04. The molecular weight excluding hydrogens is 418 g/mol. The zero-order chi connectivity index (χ0) is 23.9. The number of aryl methyl sites for hydroxylation is 2. The van der Waals surface area contributed by atoms with E-state index in [0.29, 0.717) is 30.5 Å². The van der Waals surface area contributed by atoms with E-state index >= 15 is 0 Å². The highest BCUT2D eigenvalue weighted by atomic mass is 16.6. The second-order valence-corrected chi connectivity index (χ2v) is 7.85. The average Bonchev–Trinajstić information content (AvgIpc) is 2.80. The third-order valence-electron chi connectivity index (χ3n) is 5.04. The molecular formula is C26H37N3O4. The minimum absolute atomic E-state index is 0.529. The Morgan fingerprint density at radius 1 is 0.909 bits per heavy atom. The summed E-state index contributed by atoms with van der Waals surface area (Å²) in [5.74, 6) is 2.38. The number of benzene rings is 1. The van der Waals surface area contributed by atoms with E-state index in [1.54, 1.807) is 6.07 Å². The van der Waals surface area contributed by atoms with Gasteiger partial charge in [-0.1, -0.05) is 36.6 Å². The fraction of sp³-hybridized carbons (Fsp3) is 0.500. The van der Waals surface area contributed by atoms with Crippen molar-refractivity contribution in [2.24, 2.45) is 5.16 Å². The molecule has 0 amide bonds. The molecule has 2 aromatic rings. The van der Waals surface area contributed by atoms with Crippen molar-refractivity contribution < 1.29 is 19.0 Å². The number of hydrogen-bond donors (Lipinski definition) is 0. The molecule has 7 heteroatoms. The van der Waals surface area contributed by atoms with Gasteiger partial charge in [0.25, 0.3) is 0 Å². The summed E-state index contributed by atoms with van der Waals surface area (Å²) in [5, 5.41) is 12.0. The van der Waals surface area contributed by atoms with Crippen LogP contribution in [-0.2, 0) is 4.84 Å². The number of oxime groups is 1. The number of aromatic nitrogens is 2. The Kier molecular flexibility index (Phi) is 11.8. The number of rotatable bonds is 15.